The summed E-state index contributed by atoms with van der Waals surface area (Å²) in [6, 6.07) is 0. The molecule has 0 radical (unpaired) electrons. The van der Waals surface area contributed by atoms with Gasteiger partial charge in [0.15, 0.2) is 0 Å². The van der Waals surface area contributed by atoms with E-state index in [0.29, 0.717) is 6.61 Å². The Labute approximate surface area is 49.1 Å². The third kappa shape index (κ3) is 6.31. The third-order valence-electron chi connectivity index (χ3n) is 0.584. The second-order valence-corrected chi connectivity index (χ2v) is 2.56. The maximum atomic E-state index is 8.27. The van der Waals surface area contributed by atoms with Gasteiger partial charge in [0.25, 0.3) is 0 Å². The van der Waals surface area contributed by atoms with Gasteiger partial charge in [0.1, 0.15) is 0 Å². The van der Waals surface area contributed by atoms with Crippen molar-refractivity contribution in [2.45, 2.75) is 13.3 Å². The predicted octanol–water partition coefficient (Wildman–Crippen LogP) is 1.12. The molecule has 0 fully saturated rings. The summed E-state index contributed by atoms with van der Waals surface area (Å²) in [6.07, 6.45) is 1.21. The summed E-state index contributed by atoms with van der Waals surface area (Å²) in [5, 5.41) is 8.27. The molecule has 0 aromatic carbocycles. The number of rotatable bonds is 4. The molecule has 0 atom stereocenters. The van der Waals surface area contributed by atoms with Gasteiger partial charge in [-0.25, -0.2) is 0 Å². The standard InChI is InChI=1S/C5H12OS/c1-2-4-7-5-3-6/h6H,2-5H2,1H3. The van der Waals surface area contributed by atoms with Crippen LogP contribution in [0.5, 0.6) is 0 Å². The lowest BCUT2D eigenvalue weighted by atomic mass is 10.6. The smallest absolute Gasteiger partial charge is 0.0521 e. The normalized spacial score (nSPS) is 9.43. The van der Waals surface area contributed by atoms with Crippen molar-refractivity contribution in [1.82, 2.24) is 0 Å². The van der Waals surface area contributed by atoms with E-state index in [0.717, 1.165) is 5.75 Å². The van der Waals surface area contributed by atoms with E-state index in [1.165, 1.54) is 12.2 Å². The average molecular weight is 120 g/mol. The zero-order valence-electron chi connectivity index (χ0n) is 4.68. The molecule has 0 aromatic rings. The van der Waals surface area contributed by atoms with Crippen LogP contribution in [0.3, 0.4) is 0 Å². The Bertz CT molecular complexity index is 27.3. The molecule has 0 heterocycles. The van der Waals surface area contributed by atoms with Gasteiger partial charge < -0.3 is 5.11 Å². The molecule has 0 saturated heterocycles. The summed E-state index contributed by atoms with van der Waals surface area (Å²) in [6.45, 7) is 2.47. The van der Waals surface area contributed by atoms with Gasteiger partial charge in [-0.05, 0) is 12.2 Å². The molecule has 7 heavy (non-hydrogen) atoms. The second-order valence-electron chi connectivity index (χ2n) is 1.34. The fourth-order valence-electron chi connectivity index (χ4n) is 0.311. The Kier molecular flexibility index (Phi) is 6.59. The summed E-state index contributed by atoms with van der Waals surface area (Å²) in [5.41, 5.74) is 0. The van der Waals surface area contributed by atoms with Crippen molar-refractivity contribution in [3.05, 3.63) is 0 Å². The Morgan fingerprint density at radius 2 is 2.14 bits per heavy atom. The predicted molar refractivity (Wildman–Crippen MR) is 34.7 cm³/mol. The molecule has 0 saturated carbocycles. The molecule has 0 aromatic heterocycles. The van der Waals surface area contributed by atoms with Crippen molar-refractivity contribution in [3.63, 3.8) is 0 Å². The first-order valence-corrected chi connectivity index (χ1v) is 3.76. The minimum atomic E-state index is 0.324. The highest BCUT2D eigenvalue weighted by molar-refractivity contribution is 7.99. The van der Waals surface area contributed by atoms with Crippen LogP contribution in [0.15, 0.2) is 0 Å². The van der Waals surface area contributed by atoms with E-state index >= 15 is 0 Å². The zero-order chi connectivity index (χ0) is 5.54. The van der Waals surface area contributed by atoms with E-state index in [2.05, 4.69) is 6.92 Å². The SMILES string of the molecule is CCCSCCO. The van der Waals surface area contributed by atoms with Crippen molar-refractivity contribution in [2.24, 2.45) is 0 Å². The molecule has 2 heteroatoms. The van der Waals surface area contributed by atoms with Crippen LogP contribution < -0.4 is 0 Å². The van der Waals surface area contributed by atoms with Crippen molar-refractivity contribution in [1.29, 1.82) is 0 Å². The van der Waals surface area contributed by atoms with E-state index in [1.807, 2.05) is 0 Å². The molecule has 0 bridgehead atoms. The summed E-state index contributed by atoms with van der Waals surface area (Å²) in [7, 11) is 0. The van der Waals surface area contributed by atoms with Crippen molar-refractivity contribution in [2.75, 3.05) is 18.1 Å². The first-order valence-electron chi connectivity index (χ1n) is 2.60. The van der Waals surface area contributed by atoms with Gasteiger partial charge in [-0.2, -0.15) is 11.8 Å². The molecular weight excluding hydrogens is 108 g/mol. The van der Waals surface area contributed by atoms with Crippen LogP contribution in [0.2, 0.25) is 0 Å². The van der Waals surface area contributed by atoms with Crippen LogP contribution in [0, 0.1) is 0 Å². The minimum absolute atomic E-state index is 0.324. The van der Waals surface area contributed by atoms with Gasteiger partial charge in [-0.1, -0.05) is 6.92 Å². The number of aliphatic hydroxyl groups is 1. The number of thioether (sulfide) groups is 1. The maximum absolute atomic E-state index is 8.27. The molecule has 0 aliphatic carbocycles. The van der Waals surface area contributed by atoms with Crippen molar-refractivity contribution in [3.8, 4) is 0 Å². The first kappa shape index (κ1) is 7.31. The molecule has 1 nitrogen and oxygen atoms in total. The fourth-order valence-corrected chi connectivity index (χ4v) is 0.933. The molecule has 0 aliphatic heterocycles. The van der Waals surface area contributed by atoms with Crippen LogP contribution in [0.4, 0.5) is 0 Å². The lowest BCUT2D eigenvalue weighted by molar-refractivity contribution is 0.322. The summed E-state index contributed by atoms with van der Waals surface area (Å²) in [4.78, 5) is 0. The lowest BCUT2D eigenvalue weighted by Crippen LogP contribution is -1.86. The Balaban J connectivity index is 2.45. The van der Waals surface area contributed by atoms with Gasteiger partial charge in [0.2, 0.25) is 0 Å². The quantitative estimate of drug-likeness (QED) is 0.561. The van der Waals surface area contributed by atoms with Gasteiger partial charge in [0.05, 0.1) is 6.61 Å². The van der Waals surface area contributed by atoms with Crippen LogP contribution in [-0.2, 0) is 0 Å². The molecule has 0 aliphatic rings. The Hall–Kier alpha value is 0.310. The lowest BCUT2D eigenvalue weighted by Gasteiger charge is -1.91. The Morgan fingerprint density at radius 3 is 2.57 bits per heavy atom. The van der Waals surface area contributed by atoms with Crippen LogP contribution in [0.25, 0.3) is 0 Å². The van der Waals surface area contributed by atoms with Gasteiger partial charge in [0, 0.05) is 5.75 Å². The van der Waals surface area contributed by atoms with Gasteiger partial charge in [-0.3, -0.25) is 0 Å². The molecule has 0 amide bonds. The third-order valence-corrected chi connectivity index (χ3v) is 1.75. The summed E-state index contributed by atoms with van der Waals surface area (Å²) < 4.78 is 0. The fraction of sp³-hybridized carbons (Fsp3) is 1.00. The van der Waals surface area contributed by atoms with E-state index < -0.39 is 0 Å². The number of hydrogen-bond donors (Lipinski definition) is 1. The van der Waals surface area contributed by atoms with Gasteiger partial charge >= 0.3 is 0 Å². The highest BCUT2D eigenvalue weighted by Gasteiger charge is 1.80. The Morgan fingerprint density at radius 1 is 1.43 bits per heavy atom. The van der Waals surface area contributed by atoms with Gasteiger partial charge in [-0.15, -0.1) is 0 Å². The molecule has 0 rings (SSSR count). The highest BCUT2D eigenvalue weighted by atomic mass is 32.2. The monoisotopic (exact) mass is 120 g/mol. The molecular formula is C5H12OS. The topological polar surface area (TPSA) is 20.2 Å². The number of hydrogen-bond acceptors (Lipinski definition) is 2. The van der Waals surface area contributed by atoms with E-state index in [9.17, 15) is 0 Å². The summed E-state index contributed by atoms with van der Waals surface area (Å²) in [5.74, 6) is 2.08. The zero-order valence-corrected chi connectivity index (χ0v) is 5.50. The highest BCUT2D eigenvalue weighted by Crippen LogP contribution is 1.98. The van der Waals surface area contributed by atoms with Crippen LogP contribution >= 0.6 is 11.8 Å². The largest absolute Gasteiger partial charge is 0.396 e. The molecule has 44 valence electrons. The van der Waals surface area contributed by atoms with Crippen LogP contribution in [0.1, 0.15) is 13.3 Å². The van der Waals surface area contributed by atoms with E-state index in [-0.39, 0.29) is 0 Å². The minimum Gasteiger partial charge on any atom is -0.396 e. The molecule has 0 unspecified atom stereocenters. The van der Waals surface area contributed by atoms with Crippen molar-refractivity contribution >= 4 is 11.8 Å². The number of aliphatic hydroxyl groups excluding tert-OH is 1. The first-order chi connectivity index (χ1) is 3.41. The van der Waals surface area contributed by atoms with Crippen LogP contribution in [-0.4, -0.2) is 23.2 Å². The second kappa shape index (κ2) is 6.31. The molecule has 1 N–H and O–H groups in total. The van der Waals surface area contributed by atoms with E-state index in [1.54, 1.807) is 11.8 Å². The maximum Gasteiger partial charge on any atom is 0.0521 e. The molecule has 0 spiro atoms. The van der Waals surface area contributed by atoms with Crippen molar-refractivity contribution < 1.29 is 5.11 Å². The summed E-state index contributed by atoms with van der Waals surface area (Å²) >= 11 is 1.80. The average Bonchev–Trinajstić information content (AvgIpc) is 1.69. The van der Waals surface area contributed by atoms with E-state index in [4.69, 9.17) is 5.11 Å².